The first-order valence-electron chi connectivity index (χ1n) is 7.18. The number of nitrogens with one attached hydrogen (secondary N) is 1. The van der Waals surface area contributed by atoms with Crippen LogP contribution in [0, 0.1) is 0 Å². The molecule has 1 aromatic rings. The predicted molar refractivity (Wildman–Crippen MR) is 88.5 cm³/mol. The van der Waals surface area contributed by atoms with Crippen LogP contribution in [0.4, 0.5) is 0 Å². The number of carbonyl (C=O) groups excluding carboxylic acids is 1. The Morgan fingerprint density at radius 2 is 1.96 bits per heavy atom. The Hall–Kier alpha value is -0.402. The van der Waals surface area contributed by atoms with Gasteiger partial charge < -0.3 is 15.0 Å². The van der Waals surface area contributed by atoms with E-state index in [-0.39, 0.29) is 81.8 Å². The largest absolute Gasteiger partial charge is 0.494 e. The van der Waals surface area contributed by atoms with Gasteiger partial charge in [0.05, 0.1) is 12.0 Å². The molecule has 0 aromatic heterocycles. The number of fused-ring (bicyclic) bond motifs is 1. The maximum Gasteiger partial charge on any atom is 0.274 e. The third-order valence-electron chi connectivity index (χ3n) is 3.89. The summed E-state index contributed by atoms with van der Waals surface area (Å²) >= 11 is 0. The summed E-state index contributed by atoms with van der Waals surface area (Å²) in [6.45, 7) is 2.28. The molecule has 0 aliphatic carbocycles. The standard InChI is InChI=1S/C16H16N3O4S.2Y/c1-10-8-17-9-12(10)18-16(20)14-15(23-3)11-6-4-5-7-13(11)24(21,22)19(14)2;;/h4-7H,8H2,1-3H3,(H,18,20);;/q-1;;. The van der Waals surface area contributed by atoms with Crippen LogP contribution in [0.3, 0.4) is 0 Å². The van der Waals surface area contributed by atoms with Crippen molar-refractivity contribution in [2.24, 2.45) is 4.99 Å². The van der Waals surface area contributed by atoms with Crippen molar-refractivity contribution in [2.45, 2.75) is 11.8 Å². The van der Waals surface area contributed by atoms with Gasteiger partial charge in [-0.15, -0.1) is 18.8 Å². The molecule has 1 aromatic carbocycles. The Kier molecular flexibility index (Phi) is 8.36. The summed E-state index contributed by atoms with van der Waals surface area (Å²) in [5, 5.41) is 2.65. The van der Waals surface area contributed by atoms with E-state index in [1.54, 1.807) is 18.2 Å². The van der Waals surface area contributed by atoms with E-state index in [9.17, 15) is 13.2 Å². The Morgan fingerprint density at radius 1 is 1.31 bits per heavy atom. The number of allylic oxidation sites excluding steroid dienone is 1. The molecule has 0 saturated carbocycles. The van der Waals surface area contributed by atoms with Gasteiger partial charge in [0, 0.05) is 78.0 Å². The number of amides is 1. The zero-order valence-corrected chi connectivity index (χ0v) is 21.1. The minimum atomic E-state index is -3.83. The maximum atomic E-state index is 12.7. The molecule has 2 heterocycles. The van der Waals surface area contributed by atoms with Crippen molar-refractivity contribution in [3.05, 3.63) is 46.8 Å². The van der Waals surface area contributed by atoms with Crippen LogP contribution in [0.1, 0.15) is 12.5 Å². The van der Waals surface area contributed by atoms with Gasteiger partial charge in [0.1, 0.15) is 0 Å². The molecule has 132 valence electrons. The number of hydrogen-bond donors (Lipinski definition) is 1. The van der Waals surface area contributed by atoms with Gasteiger partial charge in [-0.1, -0.05) is 12.1 Å². The number of hydrogen-bond acceptors (Lipinski definition) is 5. The van der Waals surface area contributed by atoms with Gasteiger partial charge in [-0.05, 0) is 18.7 Å². The molecule has 2 radical (unpaired) electrons. The van der Waals surface area contributed by atoms with E-state index in [1.807, 2.05) is 6.92 Å². The van der Waals surface area contributed by atoms with Gasteiger partial charge in [0.2, 0.25) is 0 Å². The number of rotatable bonds is 3. The van der Waals surface area contributed by atoms with Crippen LogP contribution in [-0.2, 0) is 85.0 Å². The van der Waals surface area contributed by atoms with Crippen LogP contribution >= 0.6 is 0 Å². The second-order valence-electron chi connectivity index (χ2n) is 5.39. The number of methoxy groups -OCH3 is 1. The minimum Gasteiger partial charge on any atom is -0.494 e. The van der Waals surface area contributed by atoms with E-state index in [2.05, 4.69) is 16.5 Å². The Balaban J connectivity index is 0.00000169. The fourth-order valence-corrected chi connectivity index (χ4v) is 3.98. The second kappa shape index (κ2) is 9.19. The Morgan fingerprint density at radius 3 is 2.54 bits per heavy atom. The first-order valence-corrected chi connectivity index (χ1v) is 8.62. The van der Waals surface area contributed by atoms with Crippen LogP contribution in [0.2, 0.25) is 0 Å². The van der Waals surface area contributed by atoms with E-state index in [4.69, 9.17) is 4.74 Å². The summed E-state index contributed by atoms with van der Waals surface area (Å²) in [7, 11) is -1.10. The number of nitrogens with zero attached hydrogens (tertiary/aromatic N) is 2. The molecule has 0 fully saturated rings. The monoisotopic (exact) mass is 524 g/mol. The third kappa shape index (κ3) is 4.04. The minimum absolute atomic E-state index is 0. The number of benzene rings is 1. The topological polar surface area (TPSA) is 88.1 Å². The molecule has 2 aliphatic heterocycles. The summed E-state index contributed by atoms with van der Waals surface area (Å²) in [6.07, 6.45) is 2.71. The number of ether oxygens (including phenoxy) is 1. The van der Waals surface area contributed by atoms with Crippen LogP contribution < -0.4 is 5.32 Å². The molecule has 0 saturated heterocycles. The molecule has 0 unspecified atom stereocenters. The van der Waals surface area contributed by atoms with Crippen molar-refractivity contribution >= 4 is 27.9 Å². The quantitative estimate of drug-likeness (QED) is 0.598. The Labute approximate surface area is 203 Å². The fourth-order valence-electron chi connectivity index (χ4n) is 2.59. The van der Waals surface area contributed by atoms with Gasteiger partial charge in [-0.2, -0.15) is 5.57 Å². The maximum absolute atomic E-state index is 12.7. The third-order valence-corrected chi connectivity index (χ3v) is 5.71. The molecular weight excluding hydrogens is 508 g/mol. The van der Waals surface area contributed by atoms with Gasteiger partial charge in [-0.3, -0.25) is 9.10 Å². The van der Waals surface area contributed by atoms with Crippen LogP contribution in [-0.4, -0.2) is 45.5 Å². The summed E-state index contributed by atoms with van der Waals surface area (Å²) in [5.41, 5.74) is 1.58. The van der Waals surface area contributed by atoms with Crippen molar-refractivity contribution in [1.82, 2.24) is 9.62 Å². The molecule has 26 heavy (non-hydrogen) atoms. The van der Waals surface area contributed by atoms with Crippen LogP contribution in [0.5, 0.6) is 0 Å². The molecule has 7 nitrogen and oxygen atoms in total. The Bertz CT molecular complexity index is 923. The van der Waals surface area contributed by atoms with Crippen molar-refractivity contribution < 1.29 is 83.4 Å². The average Bonchev–Trinajstić information content (AvgIpc) is 2.95. The molecule has 0 bridgehead atoms. The summed E-state index contributed by atoms with van der Waals surface area (Å²) in [4.78, 5) is 16.8. The van der Waals surface area contributed by atoms with Gasteiger partial charge >= 0.3 is 0 Å². The SMILES string of the molecule is COC1=C(C(=O)NC2=C(C)CN=[C-]2)N(C)S(=O)(=O)c2ccccc21.[Y].[Y]. The zero-order chi connectivity index (χ0) is 17.5. The van der Waals surface area contributed by atoms with E-state index in [0.717, 1.165) is 9.88 Å². The summed E-state index contributed by atoms with van der Waals surface area (Å²) in [6, 6.07) is 6.41. The van der Waals surface area contributed by atoms with Crippen molar-refractivity contribution in [2.75, 3.05) is 20.7 Å². The number of sulfonamides is 1. The zero-order valence-electron chi connectivity index (χ0n) is 14.6. The fraction of sp³-hybridized carbons (Fsp3) is 0.250. The van der Waals surface area contributed by atoms with Crippen molar-refractivity contribution in [3.8, 4) is 0 Å². The molecular formula is C16H16N3O4SY2-. The van der Waals surface area contributed by atoms with Crippen LogP contribution in [0.15, 0.2) is 51.1 Å². The van der Waals surface area contributed by atoms with Gasteiger partial charge in [0.25, 0.3) is 15.9 Å². The normalized spacial score (nSPS) is 17.3. The van der Waals surface area contributed by atoms with Crippen molar-refractivity contribution in [1.29, 1.82) is 0 Å². The molecule has 3 rings (SSSR count). The van der Waals surface area contributed by atoms with E-state index in [0.29, 0.717) is 17.8 Å². The summed E-state index contributed by atoms with van der Waals surface area (Å²) < 4.78 is 31.7. The average molecular weight is 524 g/mol. The number of likely N-dealkylation sites (N-methyl/N-ethyl adjacent to an activating group) is 1. The predicted octanol–water partition coefficient (Wildman–Crippen LogP) is 0.982. The van der Waals surface area contributed by atoms with Crippen molar-refractivity contribution in [3.63, 3.8) is 0 Å². The molecule has 0 atom stereocenters. The molecule has 10 heteroatoms. The van der Waals surface area contributed by atoms with E-state index < -0.39 is 15.9 Å². The molecule has 0 spiro atoms. The van der Waals surface area contributed by atoms with Gasteiger partial charge in [0.15, 0.2) is 11.5 Å². The van der Waals surface area contributed by atoms with Gasteiger partial charge in [-0.25, -0.2) is 8.42 Å². The molecule has 2 aliphatic rings. The molecule has 1 N–H and O–H groups in total. The van der Waals surface area contributed by atoms with Crippen LogP contribution in [0.25, 0.3) is 5.76 Å². The van der Waals surface area contributed by atoms with E-state index >= 15 is 0 Å². The smallest absolute Gasteiger partial charge is 0.274 e. The van der Waals surface area contributed by atoms with E-state index in [1.165, 1.54) is 20.2 Å². The molecule has 1 amide bonds. The first-order chi connectivity index (χ1) is 11.4. The second-order valence-corrected chi connectivity index (χ2v) is 7.33. The number of aliphatic imine (C=N–C) groups is 1. The summed E-state index contributed by atoms with van der Waals surface area (Å²) in [5.74, 6) is -0.389. The number of carbonyl (C=O) groups is 1. The first kappa shape index (κ1) is 23.6.